The van der Waals surface area contributed by atoms with E-state index in [0.717, 1.165) is 12.0 Å². The van der Waals surface area contributed by atoms with Crippen LogP contribution in [0.3, 0.4) is 0 Å². The number of hydrogen-bond donors (Lipinski definition) is 2. The minimum atomic E-state index is -0.533. The zero-order chi connectivity index (χ0) is 25.4. The molecule has 2 aromatic carbocycles. The number of benzene rings is 2. The van der Waals surface area contributed by atoms with Gasteiger partial charge in [-0.05, 0) is 61.9 Å². The number of aryl methyl sites for hydroxylation is 1. The molecule has 0 aliphatic rings. The maximum Gasteiger partial charge on any atom is 0.331 e. The fourth-order valence-corrected chi connectivity index (χ4v) is 3.93. The average Bonchev–Trinajstić information content (AvgIpc) is 2.81. The molecule has 0 bridgehead atoms. The summed E-state index contributed by atoms with van der Waals surface area (Å²) in [6, 6.07) is 14.2. The number of fused-ring (bicyclic) bond motifs is 1. The van der Waals surface area contributed by atoms with Crippen molar-refractivity contribution in [2.75, 3.05) is 11.9 Å². The molecule has 0 unspecified atom stereocenters. The Morgan fingerprint density at radius 2 is 1.71 bits per heavy atom. The van der Waals surface area contributed by atoms with E-state index >= 15 is 0 Å². The largest absolute Gasteiger partial charge is 0.356 e. The maximum atomic E-state index is 13.2. The summed E-state index contributed by atoms with van der Waals surface area (Å²) in [6.45, 7) is 6.75. The summed E-state index contributed by atoms with van der Waals surface area (Å²) in [5.74, 6) is 0.143. The number of nitrogens with zero attached hydrogens (tertiary/aromatic N) is 2. The molecule has 2 N–H and O–H groups in total. The highest BCUT2D eigenvalue weighted by Gasteiger charge is 2.15. The first kappa shape index (κ1) is 25.9. The van der Waals surface area contributed by atoms with Gasteiger partial charge in [-0.15, -0.1) is 0 Å². The highest BCUT2D eigenvalue weighted by atomic mass is 16.2. The predicted octanol–water partition coefficient (Wildman–Crippen LogP) is 3.44. The first-order chi connectivity index (χ1) is 16.8. The fraction of sp³-hybridized carbons (Fsp3) is 0.407. The second-order valence-corrected chi connectivity index (χ2v) is 9.25. The molecule has 0 atom stereocenters. The summed E-state index contributed by atoms with van der Waals surface area (Å²) in [5, 5.41) is 6.09. The number of para-hydroxylation sites is 1. The molecule has 3 aromatic rings. The van der Waals surface area contributed by atoms with Crippen molar-refractivity contribution < 1.29 is 9.59 Å². The van der Waals surface area contributed by atoms with Crippen LogP contribution in [0.2, 0.25) is 0 Å². The lowest BCUT2D eigenvalue weighted by Gasteiger charge is -2.14. The van der Waals surface area contributed by atoms with Crippen LogP contribution < -0.4 is 21.9 Å². The Balaban J connectivity index is 1.73. The number of hydrogen-bond acceptors (Lipinski definition) is 4. The van der Waals surface area contributed by atoms with Crippen LogP contribution in [0.15, 0.2) is 58.1 Å². The second kappa shape index (κ2) is 12.1. The molecular formula is C27H34N4O4. The molecule has 8 nitrogen and oxygen atoms in total. The summed E-state index contributed by atoms with van der Waals surface area (Å²) in [7, 11) is 0. The van der Waals surface area contributed by atoms with Crippen molar-refractivity contribution in [3.8, 4) is 0 Å². The van der Waals surface area contributed by atoms with Gasteiger partial charge in [0.2, 0.25) is 11.8 Å². The van der Waals surface area contributed by atoms with Gasteiger partial charge in [-0.3, -0.25) is 23.5 Å². The van der Waals surface area contributed by atoms with Gasteiger partial charge in [-0.1, -0.05) is 38.1 Å². The number of rotatable bonds is 11. The number of aromatic nitrogens is 2. The van der Waals surface area contributed by atoms with Crippen molar-refractivity contribution in [2.24, 2.45) is 5.92 Å². The summed E-state index contributed by atoms with van der Waals surface area (Å²) in [6.07, 6.45) is 2.32. The Morgan fingerprint density at radius 1 is 0.943 bits per heavy atom. The monoisotopic (exact) mass is 478 g/mol. The van der Waals surface area contributed by atoms with Crippen molar-refractivity contribution in [2.45, 2.75) is 59.5 Å². The number of unbranched alkanes of at least 4 members (excludes halogenated alkanes) is 1. The topological polar surface area (TPSA) is 102 Å². The summed E-state index contributed by atoms with van der Waals surface area (Å²) in [4.78, 5) is 51.0. The molecule has 0 aliphatic carbocycles. The molecule has 35 heavy (non-hydrogen) atoms. The molecular weight excluding hydrogens is 444 g/mol. The average molecular weight is 479 g/mol. The van der Waals surface area contributed by atoms with Crippen molar-refractivity contribution >= 4 is 28.4 Å². The highest BCUT2D eigenvalue weighted by Crippen LogP contribution is 2.11. The zero-order valence-electron chi connectivity index (χ0n) is 20.7. The van der Waals surface area contributed by atoms with Crippen LogP contribution in [0, 0.1) is 12.8 Å². The molecule has 2 amide bonds. The summed E-state index contributed by atoms with van der Waals surface area (Å²) < 4.78 is 2.50. The first-order valence-electron chi connectivity index (χ1n) is 12.1. The maximum absolute atomic E-state index is 13.2. The van der Waals surface area contributed by atoms with Gasteiger partial charge >= 0.3 is 5.69 Å². The van der Waals surface area contributed by atoms with Gasteiger partial charge in [0.25, 0.3) is 5.56 Å². The smallest absolute Gasteiger partial charge is 0.331 e. The lowest BCUT2D eigenvalue weighted by Crippen LogP contribution is -2.41. The van der Waals surface area contributed by atoms with E-state index in [4.69, 9.17) is 0 Å². The van der Waals surface area contributed by atoms with Crippen LogP contribution in [0.25, 0.3) is 10.9 Å². The Kier molecular flexibility index (Phi) is 9.00. The quantitative estimate of drug-likeness (QED) is 0.412. The van der Waals surface area contributed by atoms with Crippen molar-refractivity contribution in [1.29, 1.82) is 0 Å². The van der Waals surface area contributed by atoms with E-state index in [-0.39, 0.29) is 30.5 Å². The molecule has 1 aromatic heterocycles. The van der Waals surface area contributed by atoms with E-state index in [9.17, 15) is 19.2 Å². The van der Waals surface area contributed by atoms with E-state index in [0.29, 0.717) is 48.3 Å². The molecule has 0 fully saturated rings. The molecule has 8 heteroatoms. The standard InChI is InChI=1S/C27H34N4O4/c1-19(2)14-15-28-24(32)13-6-7-16-30-26(34)22-11-4-5-12-23(22)31(27(30)35)18-25(33)29-21-10-8-9-20(3)17-21/h4-5,8-12,17,19H,6-7,13-16,18H2,1-3H3,(H,28,32)(H,29,33). The molecule has 186 valence electrons. The van der Waals surface area contributed by atoms with Crippen LogP contribution in [0.1, 0.15) is 45.1 Å². The van der Waals surface area contributed by atoms with Crippen LogP contribution >= 0.6 is 0 Å². The third-order valence-electron chi connectivity index (χ3n) is 5.82. The Labute approximate surface area is 205 Å². The molecule has 3 rings (SSSR count). The van der Waals surface area contributed by atoms with Gasteiger partial charge in [-0.25, -0.2) is 4.79 Å². The van der Waals surface area contributed by atoms with Gasteiger partial charge in [0, 0.05) is 25.2 Å². The molecule has 0 radical (unpaired) electrons. The third-order valence-corrected chi connectivity index (χ3v) is 5.82. The molecule has 0 saturated carbocycles. The van der Waals surface area contributed by atoms with Crippen molar-refractivity contribution in [3.63, 3.8) is 0 Å². The predicted molar refractivity (Wildman–Crippen MR) is 139 cm³/mol. The van der Waals surface area contributed by atoms with E-state index in [1.807, 2.05) is 25.1 Å². The van der Waals surface area contributed by atoms with E-state index in [1.54, 1.807) is 30.3 Å². The Hall–Kier alpha value is -3.68. The van der Waals surface area contributed by atoms with Gasteiger partial charge < -0.3 is 10.6 Å². The first-order valence-corrected chi connectivity index (χ1v) is 12.1. The normalized spacial score (nSPS) is 11.1. The second-order valence-electron chi connectivity index (χ2n) is 9.25. The lowest BCUT2D eigenvalue weighted by molar-refractivity contribution is -0.121. The Morgan fingerprint density at radius 3 is 2.46 bits per heavy atom. The molecule has 1 heterocycles. The van der Waals surface area contributed by atoms with Crippen molar-refractivity contribution in [3.05, 3.63) is 74.9 Å². The number of amides is 2. The zero-order valence-corrected chi connectivity index (χ0v) is 20.7. The van der Waals surface area contributed by atoms with Gasteiger partial charge in [-0.2, -0.15) is 0 Å². The van der Waals surface area contributed by atoms with Gasteiger partial charge in [0.1, 0.15) is 6.54 Å². The fourth-order valence-electron chi connectivity index (χ4n) is 3.93. The summed E-state index contributed by atoms with van der Waals surface area (Å²) >= 11 is 0. The number of anilines is 1. The summed E-state index contributed by atoms with van der Waals surface area (Å²) in [5.41, 5.74) is 1.15. The van der Waals surface area contributed by atoms with Crippen molar-refractivity contribution in [1.82, 2.24) is 14.5 Å². The minimum Gasteiger partial charge on any atom is -0.356 e. The number of carbonyl (C=O) groups excluding carboxylic acids is 2. The minimum absolute atomic E-state index is 0.0262. The highest BCUT2D eigenvalue weighted by molar-refractivity contribution is 5.91. The van der Waals surface area contributed by atoms with Crippen LogP contribution in [-0.4, -0.2) is 27.5 Å². The van der Waals surface area contributed by atoms with E-state index in [2.05, 4.69) is 24.5 Å². The van der Waals surface area contributed by atoms with Crippen LogP contribution in [-0.2, 0) is 22.7 Å². The van der Waals surface area contributed by atoms with E-state index < -0.39 is 5.69 Å². The molecule has 0 spiro atoms. The van der Waals surface area contributed by atoms with Gasteiger partial charge in [0.05, 0.1) is 10.9 Å². The van der Waals surface area contributed by atoms with Gasteiger partial charge in [0.15, 0.2) is 0 Å². The van der Waals surface area contributed by atoms with Crippen LogP contribution in [0.5, 0.6) is 0 Å². The number of carbonyl (C=O) groups is 2. The molecule has 0 saturated heterocycles. The SMILES string of the molecule is Cc1cccc(NC(=O)Cn2c(=O)n(CCCCC(=O)NCCC(C)C)c(=O)c3ccccc32)c1. The molecule has 0 aliphatic heterocycles. The number of nitrogens with one attached hydrogen (secondary N) is 2. The van der Waals surface area contributed by atoms with Crippen LogP contribution in [0.4, 0.5) is 5.69 Å². The third kappa shape index (κ3) is 7.15. The Bertz CT molecular complexity index is 1310. The lowest BCUT2D eigenvalue weighted by atomic mass is 10.1. The van der Waals surface area contributed by atoms with E-state index in [1.165, 1.54) is 9.13 Å².